The highest BCUT2D eigenvalue weighted by molar-refractivity contribution is 7.98. The molecule has 0 spiro atoms. The van der Waals surface area contributed by atoms with E-state index in [1.54, 1.807) is 29.3 Å². The van der Waals surface area contributed by atoms with Crippen LogP contribution in [0.2, 0.25) is 0 Å². The number of aliphatic carboxylic acids is 1. The molecule has 4 nitrogen and oxygen atoms in total. The molecule has 2 aromatic heterocycles. The first-order chi connectivity index (χ1) is 8.75. The van der Waals surface area contributed by atoms with Crippen LogP contribution < -0.4 is 0 Å². The Balaban J connectivity index is 1.89. The molecular weight excluding hydrogens is 268 g/mol. The Hall–Kier alpha value is -1.40. The number of thiazole rings is 1. The molecule has 2 aromatic rings. The van der Waals surface area contributed by atoms with Gasteiger partial charge in [0.15, 0.2) is 0 Å². The quantitative estimate of drug-likeness (QED) is 0.824. The first-order valence-corrected chi connectivity index (χ1v) is 7.44. The maximum absolute atomic E-state index is 10.4. The van der Waals surface area contributed by atoms with Gasteiger partial charge in [0, 0.05) is 23.1 Å². The summed E-state index contributed by atoms with van der Waals surface area (Å²) in [6.45, 7) is 0. The van der Waals surface area contributed by atoms with Crippen LogP contribution in [-0.2, 0) is 10.5 Å². The zero-order valence-corrected chi connectivity index (χ0v) is 11.2. The summed E-state index contributed by atoms with van der Waals surface area (Å²) in [5.74, 6) is 0.609. The average molecular weight is 280 g/mol. The summed E-state index contributed by atoms with van der Waals surface area (Å²) in [4.78, 5) is 19.1. The van der Waals surface area contributed by atoms with Crippen molar-refractivity contribution in [3.63, 3.8) is 0 Å². The van der Waals surface area contributed by atoms with Crippen molar-refractivity contribution < 1.29 is 9.90 Å². The van der Waals surface area contributed by atoms with Gasteiger partial charge in [-0.3, -0.25) is 9.78 Å². The van der Waals surface area contributed by atoms with Gasteiger partial charge in [-0.2, -0.15) is 11.8 Å². The van der Waals surface area contributed by atoms with Gasteiger partial charge >= 0.3 is 5.97 Å². The fourth-order valence-corrected chi connectivity index (χ4v) is 3.04. The number of rotatable bonds is 6. The lowest BCUT2D eigenvalue weighted by Crippen LogP contribution is -1.96. The minimum Gasteiger partial charge on any atom is -0.481 e. The van der Waals surface area contributed by atoms with E-state index < -0.39 is 5.97 Å². The number of carboxylic acids is 1. The Labute approximate surface area is 113 Å². The van der Waals surface area contributed by atoms with Crippen LogP contribution in [0.1, 0.15) is 12.1 Å². The van der Waals surface area contributed by atoms with Crippen LogP contribution in [0.15, 0.2) is 29.8 Å². The van der Waals surface area contributed by atoms with Crippen molar-refractivity contribution in [1.29, 1.82) is 0 Å². The lowest BCUT2D eigenvalue weighted by Gasteiger charge is -1.96. The van der Waals surface area contributed by atoms with Gasteiger partial charge < -0.3 is 5.11 Å². The van der Waals surface area contributed by atoms with Gasteiger partial charge in [0.25, 0.3) is 0 Å². The molecule has 1 N–H and O–H groups in total. The highest BCUT2D eigenvalue weighted by atomic mass is 32.2. The number of hydrogen-bond donors (Lipinski definition) is 1. The van der Waals surface area contributed by atoms with Gasteiger partial charge in [0.1, 0.15) is 5.01 Å². The lowest BCUT2D eigenvalue weighted by atomic mass is 10.4. The summed E-state index contributed by atoms with van der Waals surface area (Å²) in [6, 6.07) is 5.74. The third kappa shape index (κ3) is 3.82. The second kappa shape index (κ2) is 6.51. The molecule has 0 fully saturated rings. The second-order valence-corrected chi connectivity index (χ2v) is 5.52. The number of nitrogens with zero attached hydrogens (tertiary/aromatic N) is 2. The minimum absolute atomic E-state index is 0.196. The Morgan fingerprint density at radius 2 is 2.33 bits per heavy atom. The maximum atomic E-state index is 10.4. The van der Waals surface area contributed by atoms with E-state index in [0.29, 0.717) is 5.75 Å². The van der Waals surface area contributed by atoms with Gasteiger partial charge in [-0.15, -0.1) is 11.3 Å². The summed E-state index contributed by atoms with van der Waals surface area (Å²) in [7, 11) is 0. The molecule has 0 saturated heterocycles. The zero-order valence-electron chi connectivity index (χ0n) is 9.57. The van der Waals surface area contributed by atoms with E-state index in [4.69, 9.17) is 5.11 Å². The van der Waals surface area contributed by atoms with Crippen LogP contribution in [0.4, 0.5) is 0 Å². The fraction of sp³-hybridized carbons (Fsp3) is 0.250. The topological polar surface area (TPSA) is 63.1 Å². The van der Waals surface area contributed by atoms with E-state index in [1.165, 1.54) is 0 Å². The number of aromatic nitrogens is 2. The molecule has 94 valence electrons. The SMILES string of the molecule is O=C(O)CCSCc1csc(-c2ccccn2)n1. The summed E-state index contributed by atoms with van der Waals surface area (Å²) < 4.78 is 0. The van der Waals surface area contributed by atoms with Crippen molar-refractivity contribution in [3.8, 4) is 10.7 Å². The molecular formula is C12H12N2O2S2. The van der Waals surface area contributed by atoms with Crippen LogP contribution in [0.5, 0.6) is 0 Å². The predicted octanol–water partition coefficient (Wildman–Crippen LogP) is 2.91. The van der Waals surface area contributed by atoms with Crippen molar-refractivity contribution in [2.45, 2.75) is 12.2 Å². The molecule has 2 rings (SSSR count). The first kappa shape index (κ1) is 13.0. The standard InChI is InChI=1S/C12H12N2O2S2/c15-11(16)4-6-17-7-9-8-18-12(14-9)10-3-1-2-5-13-10/h1-3,5,8H,4,6-7H2,(H,15,16). The molecule has 6 heteroatoms. The Bertz CT molecular complexity index is 514. The number of carboxylic acid groups (broad SMARTS) is 1. The second-order valence-electron chi connectivity index (χ2n) is 3.56. The molecule has 0 saturated carbocycles. The van der Waals surface area contributed by atoms with Gasteiger partial charge in [-0.1, -0.05) is 6.07 Å². The molecule has 18 heavy (non-hydrogen) atoms. The van der Waals surface area contributed by atoms with Crippen molar-refractivity contribution in [3.05, 3.63) is 35.5 Å². The first-order valence-electron chi connectivity index (χ1n) is 5.41. The lowest BCUT2D eigenvalue weighted by molar-refractivity contribution is -0.136. The molecule has 0 aliphatic rings. The third-order valence-corrected chi connectivity index (χ3v) is 4.05. The molecule has 0 atom stereocenters. The van der Waals surface area contributed by atoms with Gasteiger partial charge in [-0.25, -0.2) is 4.98 Å². The predicted molar refractivity (Wildman–Crippen MR) is 73.8 cm³/mol. The van der Waals surface area contributed by atoms with Gasteiger partial charge in [-0.05, 0) is 12.1 Å². The van der Waals surface area contributed by atoms with Crippen molar-refractivity contribution in [2.24, 2.45) is 0 Å². The summed E-state index contributed by atoms with van der Waals surface area (Å²) >= 11 is 3.15. The molecule has 0 unspecified atom stereocenters. The number of pyridine rings is 1. The molecule has 0 aliphatic carbocycles. The van der Waals surface area contributed by atoms with E-state index in [1.807, 2.05) is 23.6 Å². The molecule has 2 heterocycles. The zero-order chi connectivity index (χ0) is 12.8. The summed E-state index contributed by atoms with van der Waals surface area (Å²) in [6.07, 6.45) is 1.94. The van der Waals surface area contributed by atoms with Crippen LogP contribution in [-0.4, -0.2) is 26.8 Å². The van der Waals surface area contributed by atoms with Crippen LogP contribution in [0.3, 0.4) is 0 Å². The molecule has 0 aromatic carbocycles. The average Bonchev–Trinajstić information content (AvgIpc) is 2.84. The van der Waals surface area contributed by atoms with E-state index in [2.05, 4.69) is 9.97 Å². The molecule has 0 radical (unpaired) electrons. The van der Waals surface area contributed by atoms with E-state index in [0.717, 1.165) is 22.1 Å². The summed E-state index contributed by atoms with van der Waals surface area (Å²) in [5, 5.41) is 11.4. The van der Waals surface area contributed by atoms with E-state index in [-0.39, 0.29) is 6.42 Å². The molecule has 0 amide bonds. The molecule has 0 bridgehead atoms. The monoisotopic (exact) mass is 280 g/mol. The van der Waals surface area contributed by atoms with Crippen LogP contribution in [0.25, 0.3) is 10.7 Å². The molecule has 0 aliphatic heterocycles. The largest absolute Gasteiger partial charge is 0.481 e. The highest BCUT2D eigenvalue weighted by Crippen LogP contribution is 2.23. The normalized spacial score (nSPS) is 10.4. The van der Waals surface area contributed by atoms with Crippen molar-refractivity contribution in [2.75, 3.05) is 5.75 Å². The number of hydrogen-bond acceptors (Lipinski definition) is 5. The Morgan fingerprint density at radius 1 is 1.44 bits per heavy atom. The Morgan fingerprint density at radius 3 is 3.06 bits per heavy atom. The number of thioether (sulfide) groups is 1. The smallest absolute Gasteiger partial charge is 0.304 e. The third-order valence-electron chi connectivity index (χ3n) is 2.15. The number of carbonyl (C=O) groups is 1. The highest BCUT2D eigenvalue weighted by Gasteiger charge is 2.05. The summed E-state index contributed by atoms with van der Waals surface area (Å²) in [5.41, 5.74) is 1.86. The van der Waals surface area contributed by atoms with Crippen LogP contribution in [0, 0.1) is 0 Å². The van der Waals surface area contributed by atoms with Gasteiger partial charge in [0.05, 0.1) is 17.8 Å². The van der Waals surface area contributed by atoms with Gasteiger partial charge in [0.2, 0.25) is 0 Å². The van der Waals surface area contributed by atoms with Crippen LogP contribution >= 0.6 is 23.1 Å². The van der Waals surface area contributed by atoms with Crippen molar-refractivity contribution in [1.82, 2.24) is 9.97 Å². The Kier molecular flexibility index (Phi) is 4.72. The fourth-order valence-electron chi connectivity index (χ4n) is 1.32. The van der Waals surface area contributed by atoms with Crippen molar-refractivity contribution >= 4 is 29.1 Å². The minimum atomic E-state index is -0.755. The maximum Gasteiger partial charge on any atom is 0.304 e. The van der Waals surface area contributed by atoms with E-state index in [9.17, 15) is 4.79 Å². The van der Waals surface area contributed by atoms with E-state index >= 15 is 0 Å².